The topological polar surface area (TPSA) is 63.2 Å². The Balaban J connectivity index is 1.55. The number of nitrogens with one attached hydrogen (secondary N) is 1. The second-order valence-corrected chi connectivity index (χ2v) is 6.03. The molecular formula is C20H23N3O3. The Morgan fingerprint density at radius 1 is 1.19 bits per heavy atom. The van der Waals surface area contributed by atoms with E-state index in [4.69, 9.17) is 9.47 Å². The molecule has 1 fully saturated rings. The summed E-state index contributed by atoms with van der Waals surface area (Å²) in [5.41, 5.74) is 5.11. The first kappa shape index (κ1) is 18.1. The molecule has 1 saturated heterocycles. The summed E-state index contributed by atoms with van der Waals surface area (Å²) in [4.78, 5) is 14.6. The maximum atomic E-state index is 12.2. The molecule has 2 aromatic rings. The van der Waals surface area contributed by atoms with Gasteiger partial charge < -0.3 is 9.47 Å². The molecule has 0 unspecified atom stereocenters. The molecule has 0 aliphatic carbocycles. The highest BCUT2D eigenvalue weighted by atomic mass is 16.5. The molecule has 0 aromatic heterocycles. The van der Waals surface area contributed by atoms with E-state index in [1.54, 1.807) is 13.3 Å². The van der Waals surface area contributed by atoms with Crippen molar-refractivity contribution in [2.45, 2.75) is 6.54 Å². The van der Waals surface area contributed by atoms with Crippen LogP contribution < -0.4 is 10.2 Å². The Morgan fingerprint density at radius 3 is 2.65 bits per heavy atom. The minimum Gasteiger partial charge on any atom is -0.496 e. The number of amides is 1. The first-order valence-corrected chi connectivity index (χ1v) is 8.62. The van der Waals surface area contributed by atoms with Crippen molar-refractivity contribution in [3.05, 3.63) is 65.2 Å². The van der Waals surface area contributed by atoms with Crippen LogP contribution in [0, 0.1) is 0 Å². The van der Waals surface area contributed by atoms with Crippen molar-refractivity contribution in [3.8, 4) is 5.75 Å². The van der Waals surface area contributed by atoms with E-state index in [1.807, 2.05) is 48.5 Å². The molecule has 0 saturated carbocycles. The predicted molar refractivity (Wildman–Crippen MR) is 101 cm³/mol. The van der Waals surface area contributed by atoms with Crippen LogP contribution in [-0.2, 0) is 11.3 Å². The van der Waals surface area contributed by atoms with Crippen molar-refractivity contribution in [2.24, 2.45) is 5.10 Å². The van der Waals surface area contributed by atoms with Gasteiger partial charge in [0.2, 0.25) is 0 Å². The summed E-state index contributed by atoms with van der Waals surface area (Å²) >= 11 is 0. The van der Waals surface area contributed by atoms with E-state index in [0.717, 1.165) is 38.4 Å². The number of para-hydroxylation sites is 1. The smallest absolute Gasteiger partial charge is 0.271 e. The zero-order valence-electron chi connectivity index (χ0n) is 14.9. The number of benzene rings is 2. The summed E-state index contributed by atoms with van der Waals surface area (Å²) in [6, 6.07) is 15.1. The molecule has 0 bridgehead atoms. The standard InChI is InChI=1S/C20H23N3O3/c1-25-19-5-3-2-4-18(19)14-21-22-20(24)17-8-6-16(7-9-17)15-23-10-12-26-13-11-23/h2-9,14H,10-13,15H2,1H3,(H,22,24). The lowest BCUT2D eigenvalue weighted by Gasteiger charge is -2.26. The maximum Gasteiger partial charge on any atom is 0.271 e. The molecule has 136 valence electrons. The Bertz CT molecular complexity index is 753. The molecule has 0 spiro atoms. The largest absolute Gasteiger partial charge is 0.496 e. The first-order chi connectivity index (χ1) is 12.8. The van der Waals surface area contributed by atoms with Crippen LogP contribution in [0.5, 0.6) is 5.75 Å². The van der Waals surface area contributed by atoms with Gasteiger partial charge in [0.15, 0.2) is 0 Å². The average molecular weight is 353 g/mol. The van der Waals surface area contributed by atoms with E-state index >= 15 is 0 Å². The maximum absolute atomic E-state index is 12.2. The van der Waals surface area contributed by atoms with Gasteiger partial charge in [-0.15, -0.1) is 0 Å². The molecule has 1 N–H and O–H groups in total. The number of carbonyl (C=O) groups excluding carboxylic acids is 1. The molecule has 3 rings (SSSR count). The van der Waals surface area contributed by atoms with Crippen LogP contribution in [0.4, 0.5) is 0 Å². The molecule has 1 aliphatic rings. The SMILES string of the molecule is COc1ccccc1C=NNC(=O)c1ccc(CN2CCOCC2)cc1. The van der Waals surface area contributed by atoms with Gasteiger partial charge in [0.1, 0.15) is 5.75 Å². The molecule has 6 heteroatoms. The summed E-state index contributed by atoms with van der Waals surface area (Å²) < 4.78 is 10.6. The fraction of sp³-hybridized carbons (Fsp3) is 0.300. The summed E-state index contributed by atoms with van der Waals surface area (Å²) in [7, 11) is 1.60. The third kappa shape index (κ3) is 4.91. The minimum absolute atomic E-state index is 0.242. The Kier molecular flexibility index (Phi) is 6.35. The third-order valence-corrected chi connectivity index (χ3v) is 4.23. The molecule has 1 aliphatic heterocycles. The highest BCUT2D eigenvalue weighted by Gasteiger charge is 2.11. The number of morpholine rings is 1. The third-order valence-electron chi connectivity index (χ3n) is 4.23. The number of ether oxygens (including phenoxy) is 2. The van der Waals surface area contributed by atoms with Crippen molar-refractivity contribution < 1.29 is 14.3 Å². The summed E-state index contributed by atoms with van der Waals surface area (Å²) in [5, 5.41) is 4.02. The fourth-order valence-corrected chi connectivity index (χ4v) is 2.78. The lowest BCUT2D eigenvalue weighted by Crippen LogP contribution is -2.35. The van der Waals surface area contributed by atoms with Gasteiger partial charge in [-0.1, -0.05) is 24.3 Å². The normalized spacial score (nSPS) is 15.1. The zero-order chi connectivity index (χ0) is 18.2. The molecule has 1 heterocycles. The Hall–Kier alpha value is -2.70. The second-order valence-electron chi connectivity index (χ2n) is 6.03. The van der Waals surface area contributed by atoms with Gasteiger partial charge in [-0.05, 0) is 29.8 Å². The highest BCUT2D eigenvalue weighted by Crippen LogP contribution is 2.14. The fourth-order valence-electron chi connectivity index (χ4n) is 2.78. The molecule has 1 amide bonds. The van der Waals surface area contributed by atoms with E-state index in [9.17, 15) is 4.79 Å². The average Bonchev–Trinajstić information content (AvgIpc) is 2.69. The highest BCUT2D eigenvalue weighted by molar-refractivity contribution is 5.95. The number of nitrogens with zero attached hydrogens (tertiary/aromatic N) is 2. The van der Waals surface area contributed by atoms with Crippen LogP contribution in [0.25, 0.3) is 0 Å². The van der Waals surface area contributed by atoms with Crippen LogP contribution in [0.15, 0.2) is 53.6 Å². The van der Waals surface area contributed by atoms with E-state index in [0.29, 0.717) is 11.3 Å². The number of hydrogen-bond acceptors (Lipinski definition) is 5. The van der Waals surface area contributed by atoms with Crippen LogP contribution in [0.1, 0.15) is 21.5 Å². The number of hydrogen-bond donors (Lipinski definition) is 1. The van der Waals surface area contributed by atoms with E-state index in [2.05, 4.69) is 15.4 Å². The quantitative estimate of drug-likeness (QED) is 0.639. The van der Waals surface area contributed by atoms with Gasteiger partial charge in [-0.25, -0.2) is 5.43 Å². The molecular weight excluding hydrogens is 330 g/mol. The Morgan fingerprint density at radius 2 is 1.92 bits per heavy atom. The van der Waals surface area contributed by atoms with Crippen LogP contribution in [0.3, 0.4) is 0 Å². The van der Waals surface area contributed by atoms with Crippen molar-refractivity contribution in [1.82, 2.24) is 10.3 Å². The zero-order valence-corrected chi connectivity index (χ0v) is 14.9. The van der Waals surface area contributed by atoms with Gasteiger partial charge in [-0.2, -0.15) is 5.10 Å². The molecule has 2 aromatic carbocycles. The van der Waals surface area contributed by atoms with Gasteiger partial charge in [-0.3, -0.25) is 9.69 Å². The van der Waals surface area contributed by atoms with Crippen molar-refractivity contribution >= 4 is 12.1 Å². The van der Waals surface area contributed by atoms with Crippen molar-refractivity contribution in [3.63, 3.8) is 0 Å². The van der Waals surface area contributed by atoms with E-state index in [-0.39, 0.29) is 5.91 Å². The number of rotatable bonds is 6. The molecule has 0 atom stereocenters. The number of methoxy groups -OCH3 is 1. The first-order valence-electron chi connectivity index (χ1n) is 8.62. The second kappa shape index (κ2) is 9.12. The number of carbonyl (C=O) groups is 1. The summed E-state index contributed by atoms with van der Waals surface area (Å²) in [5.74, 6) is 0.465. The van der Waals surface area contributed by atoms with Crippen LogP contribution in [0.2, 0.25) is 0 Å². The molecule has 6 nitrogen and oxygen atoms in total. The lowest BCUT2D eigenvalue weighted by molar-refractivity contribution is 0.0342. The summed E-state index contributed by atoms with van der Waals surface area (Å²) in [6.45, 7) is 4.33. The minimum atomic E-state index is -0.242. The van der Waals surface area contributed by atoms with Crippen LogP contribution >= 0.6 is 0 Å². The Labute approximate surface area is 153 Å². The number of hydrazone groups is 1. The van der Waals surface area contributed by atoms with Gasteiger partial charge in [0.05, 0.1) is 26.5 Å². The predicted octanol–water partition coefficient (Wildman–Crippen LogP) is 2.29. The van der Waals surface area contributed by atoms with Gasteiger partial charge in [0.25, 0.3) is 5.91 Å². The van der Waals surface area contributed by atoms with Gasteiger partial charge >= 0.3 is 0 Å². The monoisotopic (exact) mass is 353 g/mol. The summed E-state index contributed by atoms with van der Waals surface area (Å²) in [6.07, 6.45) is 1.57. The van der Waals surface area contributed by atoms with Crippen molar-refractivity contribution in [2.75, 3.05) is 33.4 Å². The molecule has 0 radical (unpaired) electrons. The van der Waals surface area contributed by atoms with Crippen molar-refractivity contribution in [1.29, 1.82) is 0 Å². The van der Waals surface area contributed by atoms with E-state index < -0.39 is 0 Å². The van der Waals surface area contributed by atoms with E-state index in [1.165, 1.54) is 5.56 Å². The van der Waals surface area contributed by atoms with Gasteiger partial charge in [0, 0.05) is 30.8 Å². The molecule has 26 heavy (non-hydrogen) atoms. The lowest BCUT2D eigenvalue weighted by atomic mass is 10.1. The van der Waals surface area contributed by atoms with Crippen LogP contribution in [-0.4, -0.2) is 50.4 Å².